The Morgan fingerprint density at radius 3 is 2.23 bits per heavy atom. The molecule has 0 saturated carbocycles. The maximum absolute atomic E-state index is 4.44. The molecule has 0 amide bonds. The van der Waals surface area contributed by atoms with Gasteiger partial charge in [0.05, 0.1) is 5.70 Å². The number of allylic oxidation sites excluding steroid dienone is 7. The molecular formula is C21H23N. The summed E-state index contributed by atoms with van der Waals surface area (Å²) < 4.78 is 0. The summed E-state index contributed by atoms with van der Waals surface area (Å²) in [5.74, 6) is 0. The zero-order valence-corrected chi connectivity index (χ0v) is 13.4. The van der Waals surface area contributed by atoms with Gasteiger partial charge in [0.15, 0.2) is 0 Å². The molecule has 1 nitrogen and oxygen atoms in total. The van der Waals surface area contributed by atoms with Crippen LogP contribution in [0.2, 0.25) is 0 Å². The molecule has 112 valence electrons. The molecule has 0 N–H and O–H groups in total. The Morgan fingerprint density at radius 1 is 1.00 bits per heavy atom. The van der Waals surface area contributed by atoms with Crippen LogP contribution in [0, 0.1) is 0 Å². The molecule has 0 atom stereocenters. The van der Waals surface area contributed by atoms with Crippen molar-refractivity contribution in [1.82, 2.24) is 0 Å². The molecule has 0 aromatic heterocycles. The van der Waals surface area contributed by atoms with E-state index in [9.17, 15) is 0 Å². The lowest BCUT2D eigenvalue weighted by atomic mass is 9.99. The van der Waals surface area contributed by atoms with Crippen LogP contribution in [-0.4, -0.2) is 6.21 Å². The summed E-state index contributed by atoms with van der Waals surface area (Å²) in [4.78, 5) is 4.44. The van der Waals surface area contributed by atoms with Crippen LogP contribution in [0.4, 0.5) is 0 Å². The normalized spacial score (nSPS) is 13.7. The first-order valence-corrected chi connectivity index (χ1v) is 7.19. The van der Waals surface area contributed by atoms with E-state index in [1.807, 2.05) is 37.3 Å². The standard InChI is InChI=1S/C21H23N/c1-6-12-21(22-15-7-2)20(17(4)8-3)16-18(5)19-13-10-9-11-14-19/h6-16H,1-3H2,4-5H3/b18-16+,20-17-,21-12-,22-15?. The quantitative estimate of drug-likeness (QED) is 0.436. The monoisotopic (exact) mass is 289 g/mol. The second-order valence-corrected chi connectivity index (χ2v) is 4.80. The van der Waals surface area contributed by atoms with E-state index >= 15 is 0 Å². The van der Waals surface area contributed by atoms with Gasteiger partial charge in [0, 0.05) is 11.8 Å². The van der Waals surface area contributed by atoms with Gasteiger partial charge < -0.3 is 0 Å². The van der Waals surface area contributed by atoms with Crippen LogP contribution >= 0.6 is 0 Å². The highest BCUT2D eigenvalue weighted by Crippen LogP contribution is 2.24. The molecule has 22 heavy (non-hydrogen) atoms. The zero-order chi connectivity index (χ0) is 16.4. The van der Waals surface area contributed by atoms with E-state index in [0.717, 1.165) is 16.8 Å². The molecule has 0 spiro atoms. The molecular weight excluding hydrogens is 266 g/mol. The highest BCUT2D eigenvalue weighted by Gasteiger charge is 2.05. The third-order valence-electron chi connectivity index (χ3n) is 3.19. The molecule has 0 aliphatic heterocycles. The summed E-state index contributed by atoms with van der Waals surface area (Å²) in [6.07, 6.45) is 10.9. The van der Waals surface area contributed by atoms with Crippen molar-refractivity contribution < 1.29 is 0 Å². The van der Waals surface area contributed by atoms with Crippen molar-refractivity contribution in [2.24, 2.45) is 4.99 Å². The number of hydrogen-bond donors (Lipinski definition) is 0. The van der Waals surface area contributed by atoms with Gasteiger partial charge in [-0.1, -0.05) is 68.3 Å². The van der Waals surface area contributed by atoms with Gasteiger partial charge in [-0.3, -0.25) is 4.99 Å². The Balaban J connectivity index is 3.39. The Labute approximate surface area is 134 Å². The topological polar surface area (TPSA) is 12.4 Å². The van der Waals surface area contributed by atoms with Gasteiger partial charge in [0.1, 0.15) is 0 Å². The first-order valence-electron chi connectivity index (χ1n) is 7.19. The molecule has 0 radical (unpaired) electrons. The predicted octanol–water partition coefficient (Wildman–Crippen LogP) is 5.92. The molecule has 0 fully saturated rings. The second kappa shape index (κ2) is 9.30. The molecule has 1 aromatic rings. The Morgan fingerprint density at radius 2 is 1.68 bits per heavy atom. The molecule has 1 aromatic carbocycles. The summed E-state index contributed by atoms with van der Waals surface area (Å²) >= 11 is 0. The Bertz CT molecular complexity index is 652. The van der Waals surface area contributed by atoms with Crippen LogP contribution in [0.1, 0.15) is 19.4 Å². The van der Waals surface area contributed by atoms with Crippen LogP contribution < -0.4 is 0 Å². The zero-order valence-electron chi connectivity index (χ0n) is 13.4. The van der Waals surface area contributed by atoms with Crippen molar-refractivity contribution >= 4 is 11.8 Å². The first kappa shape index (κ1) is 17.4. The van der Waals surface area contributed by atoms with E-state index in [1.165, 1.54) is 11.1 Å². The number of hydrogen-bond acceptors (Lipinski definition) is 1. The minimum Gasteiger partial charge on any atom is -0.256 e. The third kappa shape index (κ3) is 5.02. The van der Waals surface area contributed by atoms with E-state index in [0.29, 0.717) is 0 Å². The van der Waals surface area contributed by atoms with Crippen LogP contribution in [0.25, 0.3) is 5.57 Å². The van der Waals surface area contributed by atoms with E-state index < -0.39 is 0 Å². The van der Waals surface area contributed by atoms with Crippen LogP contribution in [-0.2, 0) is 0 Å². The highest BCUT2D eigenvalue weighted by molar-refractivity contribution is 5.74. The minimum atomic E-state index is 0.836. The summed E-state index contributed by atoms with van der Waals surface area (Å²) in [7, 11) is 0. The maximum Gasteiger partial charge on any atom is 0.0704 e. The smallest absolute Gasteiger partial charge is 0.0704 e. The van der Waals surface area contributed by atoms with Crippen molar-refractivity contribution in [3.63, 3.8) is 0 Å². The fourth-order valence-electron chi connectivity index (χ4n) is 1.95. The van der Waals surface area contributed by atoms with Crippen molar-refractivity contribution in [3.8, 4) is 0 Å². The summed E-state index contributed by atoms with van der Waals surface area (Å²) in [6, 6.07) is 10.3. The number of nitrogens with zero attached hydrogens (tertiary/aromatic N) is 1. The molecule has 1 heteroatoms. The van der Waals surface area contributed by atoms with Gasteiger partial charge in [-0.15, -0.1) is 0 Å². The van der Waals surface area contributed by atoms with Gasteiger partial charge in [0.25, 0.3) is 0 Å². The van der Waals surface area contributed by atoms with Gasteiger partial charge in [-0.05, 0) is 42.7 Å². The van der Waals surface area contributed by atoms with Crippen LogP contribution in [0.3, 0.4) is 0 Å². The van der Waals surface area contributed by atoms with Crippen LogP contribution in [0.5, 0.6) is 0 Å². The first-order chi connectivity index (χ1) is 10.6. The summed E-state index contributed by atoms with van der Waals surface area (Å²) in [6.45, 7) is 15.4. The van der Waals surface area contributed by atoms with Gasteiger partial charge in [-0.2, -0.15) is 0 Å². The van der Waals surface area contributed by atoms with E-state index in [1.54, 1.807) is 18.4 Å². The summed E-state index contributed by atoms with van der Waals surface area (Å²) in [5.41, 5.74) is 5.27. The lowest BCUT2D eigenvalue weighted by molar-refractivity contribution is 1.30. The van der Waals surface area contributed by atoms with E-state index in [2.05, 4.69) is 49.9 Å². The third-order valence-corrected chi connectivity index (χ3v) is 3.19. The van der Waals surface area contributed by atoms with E-state index in [-0.39, 0.29) is 0 Å². The Kier molecular flexibility index (Phi) is 7.35. The average Bonchev–Trinajstić information content (AvgIpc) is 2.56. The van der Waals surface area contributed by atoms with Crippen LogP contribution in [0.15, 0.2) is 102 Å². The van der Waals surface area contributed by atoms with E-state index in [4.69, 9.17) is 0 Å². The van der Waals surface area contributed by atoms with Crippen molar-refractivity contribution in [2.75, 3.05) is 0 Å². The SMILES string of the molecule is C=CC=NC(=C\C=C)/C(/C=C(\C)c1ccccc1)=C(/C)C=C. The van der Waals surface area contributed by atoms with Crippen molar-refractivity contribution in [1.29, 1.82) is 0 Å². The maximum atomic E-state index is 4.44. The highest BCUT2D eigenvalue weighted by atomic mass is 14.7. The minimum absolute atomic E-state index is 0.836. The number of rotatable bonds is 7. The molecule has 0 aliphatic carbocycles. The molecule has 1 rings (SSSR count). The van der Waals surface area contributed by atoms with Crippen molar-refractivity contribution in [3.05, 3.63) is 103 Å². The van der Waals surface area contributed by atoms with Crippen molar-refractivity contribution in [2.45, 2.75) is 13.8 Å². The fraction of sp³-hybridized carbons (Fsp3) is 0.0952. The molecule has 0 saturated heterocycles. The average molecular weight is 289 g/mol. The Hall–Kier alpha value is -2.67. The van der Waals surface area contributed by atoms with Gasteiger partial charge >= 0.3 is 0 Å². The molecule has 0 aliphatic rings. The predicted molar refractivity (Wildman–Crippen MR) is 100.0 cm³/mol. The number of aliphatic imine (C=N–C) groups is 1. The molecule has 0 bridgehead atoms. The molecule has 0 unspecified atom stereocenters. The summed E-state index contributed by atoms with van der Waals surface area (Å²) in [5, 5.41) is 0. The lowest BCUT2D eigenvalue weighted by Crippen LogP contribution is -1.91. The fourth-order valence-corrected chi connectivity index (χ4v) is 1.95. The largest absolute Gasteiger partial charge is 0.256 e. The molecule has 0 heterocycles. The number of benzene rings is 1. The second-order valence-electron chi connectivity index (χ2n) is 4.80. The van der Waals surface area contributed by atoms with Gasteiger partial charge in [-0.25, -0.2) is 0 Å². The lowest BCUT2D eigenvalue weighted by Gasteiger charge is -2.09. The van der Waals surface area contributed by atoms with Gasteiger partial charge in [0.2, 0.25) is 0 Å².